The fourth-order valence-electron chi connectivity index (χ4n) is 4.08. The minimum Gasteiger partial charge on any atom is -0.495 e. The minimum atomic E-state index is -3.96. The molecule has 2 aliphatic rings. The molecule has 0 spiro atoms. The number of methoxy groups -OCH3 is 1. The van der Waals surface area contributed by atoms with Crippen molar-refractivity contribution in [1.29, 1.82) is 0 Å². The number of halogens is 1. The number of hydrogen-bond acceptors (Lipinski definition) is 5. The molecule has 162 valence electrons. The van der Waals surface area contributed by atoms with Crippen molar-refractivity contribution in [2.75, 3.05) is 39.8 Å². The second-order valence-corrected chi connectivity index (χ2v) is 9.92. The van der Waals surface area contributed by atoms with Crippen molar-refractivity contribution in [2.45, 2.75) is 49.5 Å². The van der Waals surface area contributed by atoms with E-state index < -0.39 is 10.0 Å². The molecule has 29 heavy (non-hydrogen) atoms. The predicted molar refractivity (Wildman–Crippen MR) is 113 cm³/mol. The third kappa shape index (κ3) is 5.42. The molecule has 1 aliphatic carbocycles. The largest absolute Gasteiger partial charge is 0.495 e. The summed E-state index contributed by atoms with van der Waals surface area (Å²) in [5, 5.41) is 3.53. The number of carbonyl (C=O) groups is 1. The maximum Gasteiger partial charge on any atom is 0.247 e. The van der Waals surface area contributed by atoms with E-state index in [4.69, 9.17) is 16.3 Å². The van der Waals surface area contributed by atoms with Gasteiger partial charge in [-0.1, -0.05) is 37.3 Å². The fourth-order valence-corrected chi connectivity index (χ4v) is 6.14. The lowest BCUT2D eigenvalue weighted by Crippen LogP contribution is -2.52. The number of nitrogens with zero attached hydrogens (tertiary/aromatic N) is 2. The van der Waals surface area contributed by atoms with E-state index >= 15 is 0 Å². The first-order valence-corrected chi connectivity index (χ1v) is 12.1. The number of nitrogens with one attached hydrogen (secondary N) is 1. The van der Waals surface area contributed by atoms with Gasteiger partial charge in [0.2, 0.25) is 15.9 Å². The molecule has 0 atom stereocenters. The van der Waals surface area contributed by atoms with Crippen LogP contribution in [0.4, 0.5) is 0 Å². The highest BCUT2D eigenvalue weighted by molar-refractivity contribution is 7.89. The Hall–Kier alpha value is -1.35. The highest BCUT2D eigenvalue weighted by Crippen LogP contribution is 2.33. The second kappa shape index (κ2) is 10.1. The van der Waals surface area contributed by atoms with Crippen LogP contribution < -0.4 is 10.1 Å². The van der Waals surface area contributed by atoms with Crippen LogP contribution in [0, 0.1) is 0 Å². The van der Waals surface area contributed by atoms with E-state index in [0.717, 1.165) is 51.6 Å². The van der Waals surface area contributed by atoms with E-state index in [1.807, 2.05) is 0 Å². The maximum absolute atomic E-state index is 13.7. The molecular formula is C20H30ClN3O4S. The van der Waals surface area contributed by atoms with Gasteiger partial charge in [-0.05, 0) is 31.0 Å². The molecule has 2 fully saturated rings. The molecule has 9 heteroatoms. The summed E-state index contributed by atoms with van der Waals surface area (Å²) in [6.45, 7) is 2.49. The van der Waals surface area contributed by atoms with Gasteiger partial charge < -0.3 is 15.0 Å². The van der Waals surface area contributed by atoms with Crippen LogP contribution in [0.5, 0.6) is 5.75 Å². The van der Waals surface area contributed by atoms with Gasteiger partial charge in [-0.25, -0.2) is 8.42 Å². The summed E-state index contributed by atoms with van der Waals surface area (Å²) in [7, 11) is -2.52. The lowest BCUT2D eigenvalue weighted by atomic mass is 10.1. The summed E-state index contributed by atoms with van der Waals surface area (Å²) < 4.78 is 34.1. The van der Waals surface area contributed by atoms with E-state index in [9.17, 15) is 13.2 Å². The van der Waals surface area contributed by atoms with Crippen LogP contribution in [0.25, 0.3) is 0 Å². The first kappa shape index (κ1) is 22.3. The van der Waals surface area contributed by atoms with E-state index in [1.54, 1.807) is 17.0 Å². The smallest absolute Gasteiger partial charge is 0.247 e. The summed E-state index contributed by atoms with van der Waals surface area (Å²) in [5.41, 5.74) is 0. The summed E-state index contributed by atoms with van der Waals surface area (Å²) in [6.07, 6.45) is 5.64. The number of benzene rings is 1. The number of rotatable bonds is 6. The van der Waals surface area contributed by atoms with Crippen molar-refractivity contribution < 1.29 is 17.9 Å². The zero-order valence-corrected chi connectivity index (χ0v) is 18.5. The average Bonchev–Trinajstić information content (AvgIpc) is 3.01. The summed E-state index contributed by atoms with van der Waals surface area (Å²) in [5.74, 6) is 0.0861. The van der Waals surface area contributed by atoms with Crippen molar-refractivity contribution in [3.8, 4) is 5.75 Å². The molecule has 1 amide bonds. The van der Waals surface area contributed by atoms with Crippen LogP contribution in [0.1, 0.15) is 38.5 Å². The number of carbonyl (C=O) groups excluding carboxylic acids is 1. The van der Waals surface area contributed by atoms with Crippen LogP contribution in [-0.4, -0.2) is 69.4 Å². The monoisotopic (exact) mass is 443 g/mol. The van der Waals surface area contributed by atoms with E-state index in [1.165, 1.54) is 17.5 Å². The summed E-state index contributed by atoms with van der Waals surface area (Å²) in [4.78, 5) is 14.7. The Morgan fingerprint density at radius 2 is 1.86 bits per heavy atom. The lowest BCUT2D eigenvalue weighted by molar-refractivity contribution is -0.132. The average molecular weight is 444 g/mol. The minimum absolute atomic E-state index is 0.0184. The van der Waals surface area contributed by atoms with E-state index in [-0.39, 0.29) is 29.1 Å². The molecule has 3 rings (SSSR count). The molecule has 0 unspecified atom stereocenters. The van der Waals surface area contributed by atoms with Gasteiger partial charge in [0.05, 0.1) is 13.7 Å². The van der Waals surface area contributed by atoms with Gasteiger partial charge in [-0.3, -0.25) is 4.79 Å². The zero-order chi connectivity index (χ0) is 20.9. The Morgan fingerprint density at radius 3 is 2.48 bits per heavy atom. The molecule has 1 heterocycles. The number of ether oxygens (including phenoxy) is 1. The van der Waals surface area contributed by atoms with Gasteiger partial charge in [0.1, 0.15) is 10.6 Å². The van der Waals surface area contributed by atoms with Crippen LogP contribution >= 0.6 is 11.6 Å². The number of sulfonamides is 1. The van der Waals surface area contributed by atoms with Gasteiger partial charge in [0.25, 0.3) is 0 Å². The molecule has 1 saturated heterocycles. The molecule has 0 radical (unpaired) electrons. The van der Waals surface area contributed by atoms with Gasteiger partial charge >= 0.3 is 0 Å². The van der Waals surface area contributed by atoms with E-state index in [2.05, 4.69) is 5.32 Å². The Kier molecular flexibility index (Phi) is 7.79. The quantitative estimate of drug-likeness (QED) is 0.683. The fraction of sp³-hybridized carbons (Fsp3) is 0.650. The molecular weight excluding hydrogens is 414 g/mol. The number of amides is 1. The second-order valence-electron chi connectivity index (χ2n) is 7.62. The van der Waals surface area contributed by atoms with Crippen molar-refractivity contribution in [2.24, 2.45) is 0 Å². The Bertz CT molecular complexity index is 804. The van der Waals surface area contributed by atoms with Gasteiger partial charge in [-0.15, -0.1) is 0 Å². The Labute approximate surface area is 178 Å². The predicted octanol–water partition coefficient (Wildman–Crippen LogP) is 2.49. The third-order valence-electron chi connectivity index (χ3n) is 5.71. The molecule has 1 aliphatic heterocycles. The molecule has 1 N–H and O–H groups in total. The topological polar surface area (TPSA) is 79.0 Å². The Balaban J connectivity index is 1.94. The Morgan fingerprint density at radius 1 is 1.21 bits per heavy atom. The molecule has 0 bridgehead atoms. The standard InChI is InChI=1S/C20H30ClN3O4S/c1-28-18-9-8-16(21)14-19(18)29(26,27)24(17-6-4-2-3-5-7-17)15-20(25)23-12-10-22-11-13-23/h8-9,14,17,22H,2-7,10-13,15H2,1H3. The number of hydrogen-bond donors (Lipinski definition) is 1. The SMILES string of the molecule is COc1ccc(Cl)cc1S(=O)(=O)N(CC(=O)N1CCNCC1)C1CCCCCC1. The maximum atomic E-state index is 13.7. The molecule has 0 aromatic heterocycles. The van der Waals surface area contributed by atoms with E-state index in [0.29, 0.717) is 18.1 Å². The summed E-state index contributed by atoms with van der Waals surface area (Å²) in [6, 6.07) is 4.37. The van der Waals surface area contributed by atoms with Crippen LogP contribution in [-0.2, 0) is 14.8 Å². The number of piperazine rings is 1. The van der Waals surface area contributed by atoms with Crippen LogP contribution in [0.2, 0.25) is 5.02 Å². The van der Waals surface area contributed by atoms with Crippen molar-refractivity contribution >= 4 is 27.5 Å². The lowest BCUT2D eigenvalue weighted by Gasteiger charge is -2.34. The normalized spacial score (nSPS) is 19.2. The molecule has 1 aromatic rings. The van der Waals surface area contributed by atoms with Crippen molar-refractivity contribution in [3.63, 3.8) is 0 Å². The summed E-state index contributed by atoms with van der Waals surface area (Å²) >= 11 is 6.10. The molecule has 7 nitrogen and oxygen atoms in total. The first-order chi connectivity index (χ1) is 13.9. The molecule has 1 saturated carbocycles. The zero-order valence-electron chi connectivity index (χ0n) is 16.9. The third-order valence-corrected chi connectivity index (χ3v) is 7.86. The highest BCUT2D eigenvalue weighted by Gasteiger charge is 2.36. The molecule has 1 aromatic carbocycles. The van der Waals surface area contributed by atoms with Crippen LogP contribution in [0.15, 0.2) is 23.1 Å². The highest BCUT2D eigenvalue weighted by atomic mass is 35.5. The first-order valence-electron chi connectivity index (χ1n) is 10.3. The van der Waals surface area contributed by atoms with Gasteiger partial charge in [0, 0.05) is 37.2 Å². The van der Waals surface area contributed by atoms with Gasteiger partial charge in [0.15, 0.2) is 0 Å². The van der Waals surface area contributed by atoms with Crippen molar-refractivity contribution in [1.82, 2.24) is 14.5 Å². The van der Waals surface area contributed by atoms with Crippen molar-refractivity contribution in [3.05, 3.63) is 23.2 Å². The van der Waals surface area contributed by atoms with Gasteiger partial charge in [-0.2, -0.15) is 4.31 Å². The van der Waals surface area contributed by atoms with Crippen LogP contribution in [0.3, 0.4) is 0 Å².